The van der Waals surface area contributed by atoms with E-state index in [-0.39, 0.29) is 5.82 Å². The van der Waals surface area contributed by atoms with E-state index in [1.165, 1.54) is 16.9 Å². The molecule has 0 saturated carbocycles. The lowest BCUT2D eigenvalue weighted by Gasteiger charge is -2.07. The molecule has 14 heavy (non-hydrogen) atoms. The van der Waals surface area contributed by atoms with Crippen molar-refractivity contribution in [1.82, 2.24) is 15.0 Å². The van der Waals surface area contributed by atoms with Gasteiger partial charge in [-0.1, -0.05) is 0 Å². The fourth-order valence-electron chi connectivity index (χ4n) is 1.55. The second-order valence-corrected chi connectivity index (χ2v) is 3.21. The molecule has 3 nitrogen and oxygen atoms in total. The van der Waals surface area contributed by atoms with Crippen LogP contribution in [0, 0.1) is 19.7 Å². The van der Waals surface area contributed by atoms with Crippen molar-refractivity contribution in [2.75, 3.05) is 0 Å². The van der Waals surface area contributed by atoms with Crippen LogP contribution in [0.4, 0.5) is 4.39 Å². The highest BCUT2D eigenvalue weighted by molar-refractivity contribution is 5.45. The molecule has 0 saturated heterocycles. The van der Waals surface area contributed by atoms with Crippen LogP contribution in [0.1, 0.15) is 11.1 Å². The first-order valence-electron chi connectivity index (χ1n) is 4.32. The molecule has 0 spiro atoms. The molecule has 0 aliphatic rings. The van der Waals surface area contributed by atoms with Crippen molar-refractivity contribution >= 4 is 0 Å². The Morgan fingerprint density at radius 2 is 1.57 bits per heavy atom. The summed E-state index contributed by atoms with van der Waals surface area (Å²) < 4.78 is 13.0. The Bertz CT molecular complexity index is 425. The molecule has 0 N–H and O–H groups in total. The third-order valence-electron chi connectivity index (χ3n) is 2.07. The molecular formula is C10H10FN3. The van der Waals surface area contributed by atoms with E-state index < -0.39 is 0 Å². The number of rotatable bonds is 1. The van der Waals surface area contributed by atoms with E-state index >= 15 is 0 Å². The second-order valence-electron chi connectivity index (χ2n) is 3.21. The zero-order chi connectivity index (χ0) is 10.1. The molecule has 1 heterocycles. The van der Waals surface area contributed by atoms with E-state index in [0.29, 0.717) is 0 Å². The largest absolute Gasteiger partial charge is 0.207 e. The van der Waals surface area contributed by atoms with Gasteiger partial charge in [-0.3, -0.25) is 0 Å². The predicted octanol–water partition coefficient (Wildman–Crippen LogP) is 2.02. The van der Waals surface area contributed by atoms with Crippen LogP contribution in [0.3, 0.4) is 0 Å². The molecule has 1 aromatic carbocycles. The van der Waals surface area contributed by atoms with Gasteiger partial charge in [0.25, 0.3) is 0 Å². The number of halogens is 1. The van der Waals surface area contributed by atoms with Crippen molar-refractivity contribution in [2.45, 2.75) is 13.8 Å². The molecule has 4 heteroatoms. The topological polar surface area (TPSA) is 30.7 Å². The van der Waals surface area contributed by atoms with E-state index in [2.05, 4.69) is 10.2 Å². The normalized spacial score (nSPS) is 10.5. The van der Waals surface area contributed by atoms with Crippen molar-refractivity contribution in [2.24, 2.45) is 0 Å². The van der Waals surface area contributed by atoms with Crippen LogP contribution in [0.2, 0.25) is 0 Å². The summed E-state index contributed by atoms with van der Waals surface area (Å²) in [6.45, 7) is 3.68. The van der Waals surface area contributed by atoms with E-state index in [1.807, 2.05) is 13.8 Å². The van der Waals surface area contributed by atoms with Gasteiger partial charge in [-0.25, -0.2) is 4.39 Å². The summed E-state index contributed by atoms with van der Waals surface area (Å²) >= 11 is 0. The Balaban J connectivity index is 2.64. The summed E-state index contributed by atoms with van der Waals surface area (Å²) in [5, 5.41) is 8.04. The zero-order valence-corrected chi connectivity index (χ0v) is 8.03. The van der Waals surface area contributed by atoms with Crippen LogP contribution in [0.25, 0.3) is 5.69 Å². The molecule has 0 radical (unpaired) electrons. The van der Waals surface area contributed by atoms with E-state index in [1.54, 1.807) is 12.4 Å². The highest BCUT2D eigenvalue weighted by Crippen LogP contribution is 2.18. The molecule has 2 aromatic rings. The number of benzene rings is 1. The number of aromatic nitrogens is 3. The minimum absolute atomic E-state index is 0.226. The van der Waals surface area contributed by atoms with E-state index in [4.69, 9.17) is 0 Å². The van der Waals surface area contributed by atoms with Gasteiger partial charge in [0.2, 0.25) is 0 Å². The summed E-state index contributed by atoms with van der Waals surface area (Å²) in [5.74, 6) is -0.226. The fourth-order valence-corrected chi connectivity index (χ4v) is 1.55. The maximum absolute atomic E-state index is 13.0. The van der Waals surface area contributed by atoms with Gasteiger partial charge in [0.05, 0.1) is 18.1 Å². The van der Waals surface area contributed by atoms with Gasteiger partial charge in [-0.05, 0) is 37.1 Å². The minimum atomic E-state index is -0.226. The maximum atomic E-state index is 13.0. The maximum Gasteiger partial charge on any atom is 0.123 e. The van der Waals surface area contributed by atoms with Crippen LogP contribution in [0.15, 0.2) is 24.5 Å². The molecular weight excluding hydrogens is 181 g/mol. The fraction of sp³-hybridized carbons (Fsp3) is 0.200. The van der Waals surface area contributed by atoms with Crippen LogP contribution in [-0.2, 0) is 0 Å². The number of hydrogen-bond donors (Lipinski definition) is 0. The van der Waals surface area contributed by atoms with Gasteiger partial charge in [0.1, 0.15) is 5.82 Å². The van der Waals surface area contributed by atoms with Gasteiger partial charge in [0, 0.05) is 0 Å². The van der Waals surface area contributed by atoms with Crippen molar-refractivity contribution < 1.29 is 4.39 Å². The first-order chi connectivity index (χ1) is 6.68. The van der Waals surface area contributed by atoms with Crippen LogP contribution < -0.4 is 0 Å². The smallest absolute Gasteiger partial charge is 0.123 e. The first-order valence-corrected chi connectivity index (χ1v) is 4.32. The number of nitrogens with zero attached hydrogens (tertiary/aromatic N) is 3. The van der Waals surface area contributed by atoms with Crippen LogP contribution in [-0.4, -0.2) is 15.0 Å². The molecule has 0 unspecified atom stereocenters. The molecule has 0 amide bonds. The number of hydrogen-bond acceptors (Lipinski definition) is 2. The summed E-state index contributed by atoms with van der Waals surface area (Å²) in [6, 6.07) is 2.96. The van der Waals surface area contributed by atoms with Crippen molar-refractivity contribution in [3.8, 4) is 5.69 Å². The minimum Gasteiger partial charge on any atom is -0.207 e. The molecule has 0 aliphatic heterocycles. The van der Waals surface area contributed by atoms with Crippen molar-refractivity contribution in [3.05, 3.63) is 41.5 Å². The Labute approximate surface area is 81.2 Å². The summed E-state index contributed by atoms with van der Waals surface area (Å²) in [6.07, 6.45) is 3.20. The highest BCUT2D eigenvalue weighted by Gasteiger charge is 2.07. The van der Waals surface area contributed by atoms with E-state index in [0.717, 1.165) is 16.8 Å². The van der Waals surface area contributed by atoms with Crippen LogP contribution in [0.5, 0.6) is 0 Å². The SMILES string of the molecule is Cc1cc(F)cc(C)c1-n1nccn1. The quantitative estimate of drug-likeness (QED) is 0.690. The second kappa shape index (κ2) is 3.21. The molecule has 72 valence electrons. The molecule has 0 atom stereocenters. The van der Waals surface area contributed by atoms with Crippen molar-refractivity contribution in [3.63, 3.8) is 0 Å². The Morgan fingerprint density at radius 3 is 2.07 bits per heavy atom. The molecule has 0 bridgehead atoms. The average Bonchev–Trinajstić information content (AvgIpc) is 2.54. The van der Waals surface area contributed by atoms with Crippen molar-refractivity contribution in [1.29, 1.82) is 0 Å². The molecule has 1 aromatic heterocycles. The lowest BCUT2D eigenvalue weighted by Crippen LogP contribution is -2.04. The standard InChI is InChI=1S/C10H10FN3/c1-7-5-9(11)6-8(2)10(7)14-12-3-4-13-14/h3-6H,1-2H3. The Kier molecular flexibility index (Phi) is 2.04. The lowest BCUT2D eigenvalue weighted by atomic mass is 10.1. The zero-order valence-electron chi connectivity index (χ0n) is 8.03. The Morgan fingerprint density at radius 1 is 1.07 bits per heavy atom. The van der Waals surface area contributed by atoms with Gasteiger partial charge < -0.3 is 0 Å². The third kappa shape index (κ3) is 1.39. The van der Waals surface area contributed by atoms with Gasteiger partial charge >= 0.3 is 0 Å². The first kappa shape index (κ1) is 8.87. The summed E-state index contributed by atoms with van der Waals surface area (Å²) in [4.78, 5) is 1.50. The van der Waals surface area contributed by atoms with Gasteiger partial charge in [-0.15, -0.1) is 0 Å². The summed E-state index contributed by atoms with van der Waals surface area (Å²) in [5.41, 5.74) is 2.51. The van der Waals surface area contributed by atoms with Gasteiger partial charge in [-0.2, -0.15) is 15.0 Å². The molecule has 0 fully saturated rings. The molecule has 0 aliphatic carbocycles. The summed E-state index contributed by atoms with van der Waals surface area (Å²) in [7, 11) is 0. The van der Waals surface area contributed by atoms with Crippen LogP contribution >= 0.6 is 0 Å². The Hall–Kier alpha value is -1.71. The monoisotopic (exact) mass is 191 g/mol. The average molecular weight is 191 g/mol. The highest BCUT2D eigenvalue weighted by atomic mass is 19.1. The van der Waals surface area contributed by atoms with E-state index in [9.17, 15) is 4.39 Å². The lowest BCUT2D eigenvalue weighted by molar-refractivity contribution is 0.622. The predicted molar refractivity (Wildman–Crippen MR) is 50.8 cm³/mol. The van der Waals surface area contributed by atoms with Gasteiger partial charge in [0.15, 0.2) is 0 Å². The third-order valence-corrected chi connectivity index (χ3v) is 2.07. The molecule has 2 rings (SSSR count). The number of aryl methyl sites for hydroxylation is 2.